The van der Waals surface area contributed by atoms with Gasteiger partial charge in [-0.15, -0.1) is 0 Å². The van der Waals surface area contributed by atoms with Crippen molar-refractivity contribution >= 4 is 33.1 Å². The Morgan fingerprint density at radius 1 is 0.400 bits per heavy atom. The van der Waals surface area contributed by atoms with Gasteiger partial charge in [-0.1, -0.05) is 78.6 Å². The first-order valence-corrected chi connectivity index (χ1v) is 16.0. The fraction of sp³-hybridized carbons (Fsp3) is 0.545. The van der Waals surface area contributed by atoms with Gasteiger partial charge in [0, 0.05) is 0 Å². The molecule has 0 spiro atoms. The second-order valence-corrected chi connectivity index (χ2v) is 10.8. The summed E-state index contributed by atoms with van der Waals surface area (Å²) in [4.78, 5) is 27.8. The molecule has 12 heteroatoms. The summed E-state index contributed by atoms with van der Waals surface area (Å²) < 4.78 is 17.8. The highest BCUT2D eigenvalue weighted by atomic mass is 16.5. The topological polar surface area (TPSA) is 176 Å². The SMILES string of the molecule is CCCCCCOc1nc2c(nc1C#N)c1nc(OCCCCCC)c(C#N)nc1c1nc(OCCCCCC)c(C#N)nc21. The summed E-state index contributed by atoms with van der Waals surface area (Å²) >= 11 is 0. The summed E-state index contributed by atoms with van der Waals surface area (Å²) in [6.07, 6.45) is 11.9. The number of hydrogen-bond donors (Lipinski definition) is 0. The van der Waals surface area contributed by atoms with Crippen molar-refractivity contribution in [3.63, 3.8) is 0 Å². The number of fused-ring (bicyclic) bond motifs is 6. The van der Waals surface area contributed by atoms with E-state index in [0.29, 0.717) is 19.8 Å². The minimum absolute atomic E-state index is 0.0210. The van der Waals surface area contributed by atoms with Gasteiger partial charge in [0.15, 0.2) is 0 Å². The van der Waals surface area contributed by atoms with Crippen LogP contribution in [0.4, 0.5) is 0 Å². The molecule has 0 amide bonds. The second kappa shape index (κ2) is 16.8. The standard InChI is InChI=1S/C33H39N9O3/c1-4-7-10-13-16-43-31-22(19-34)37-25-28(40-31)26-30(42-32(23(20-35)38-26)44-17-14-11-8-5-2)27-29(25)41-33(24(21-36)39-27)45-18-15-12-9-6-3/h4-18H2,1-3H3. The maximum Gasteiger partial charge on any atom is 0.251 e. The van der Waals surface area contributed by atoms with Gasteiger partial charge in [0.25, 0.3) is 17.6 Å². The van der Waals surface area contributed by atoms with Gasteiger partial charge in [-0.25, -0.2) is 29.9 Å². The van der Waals surface area contributed by atoms with Crippen molar-refractivity contribution in [1.82, 2.24) is 29.9 Å². The molecule has 0 atom stereocenters. The molecule has 12 nitrogen and oxygen atoms in total. The second-order valence-electron chi connectivity index (χ2n) is 10.8. The Morgan fingerprint density at radius 3 is 0.911 bits per heavy atom. The first-order valence-electron chi connectivity index (χ1n) is 16.0. The molecule has 0 radical (unpaired) electrons. The molecule has 0 bridgehead atoms. The molecule has 4 rings (SSSR count). The number of ether oxygens (including phenoxy) is 3. The summed E-state index contributed by atoms with van der Waals surface area (Å²) in [5, 5.41) is 29.9. The molecule has 3 heterocycles. The lowest BCUT2D eigenvalue weighted by atomic mass is 10.1. The van der Waals surface area contributed by atoms with E-state index in [1.165, 1.54) is 0 Å². The molecule has 1 aromatic carbocycles. The number of benzene rings is 1. The first-order chi connectivity index (χ1) is 22.1. The fourth-order valence-corrected chi connectivity index (χ4v) is 4.86. The predicted octanol–water partition coefficient (Wildman–Crippen LogP) is 7.01. The third-order valence-electron chi connectivity index (χ3n) is 7.29. The normalized spacial score (nSPS) is 10.9. The molecule has 0 N–H and O–H groups in total. The van der Waals surface area contributed by atoms with Gasteiger partial charge in [0.05, 0.1) is 19.8 Å². The molecule has 0 unspecified atom stereocenters. The Morgan fingerprint density at radius 2 is 0.667 bits per heavy atom. The van der Waals surface area contributed by atoms with Crippen LogP contribution in [0.3, 0.4) is 0 Å². The minimum atomic E-state index is -0.0210. The van der Waals surface area contributed by atoms with Gasteiger partial charge in [-0.3, -0.25) is 0 Å². The molecule has 0 aliphatic rings. The number of nitriles is 3. The Hall–Kier alpha value is -4.89. The van der Waals surface area contributed by atoms with E-state index >= 15 is 0 Å². The fourth-order valence-electron chi connectivity index (χ4n) is 4.86. The minimum Gasteiger partial charge on any atom is -0.476 e. The van der Waals surface area contributed by atoms with Gasteiger partial charge in [-0.05, 0) is 19.3 Å². The average Bonchev–Trinajstić information content (AvgIpc) is 3.07. The first kappa shape index (κ1) is 33.0. The largest absolute Gasteiger partial charge is 0.476 e. The van der Waals surface area contributed by atoms with Crippen LogP contribution in [0.1, 0.15) is 115 Å². The van der Waals surface area contributed by atoms with Crippen molar-refractivity contribution in [2.45, 2.75) is 97.8 Å². The van der Waals surface area contributed by atoms with E-state index < -0.39 is 0 Å². The zero-order valence-electron chi connectivity index (χ0n) is 26.4. The lowest BCUT2D eigenvalue weighted by molar-refractivity contribution is 0.292. The highest BCUT2D eigenvalue weighted by Gasteiger charge is 2.24. The van der Waals surface area contributed by atoms with E-state index in [9.17, 15) is 15.8 Å². The van der Waals surface area contributed by atoms with Crippen molar-refractivity contribution in [3.05, 3.63) is 17.1 Å². The zero-order valence-corrected chi connectivity index (χ0v) is 26.4. The van der Waals surface area contributed by atoms with Crippen LogP contribution < -0.4 is 14.2 Å². The van der Waals surface area contributed by atoms with E-state index in [0.717, 1.165) is 77.0 Å². The molecule has 0 fully saturated rings. The van der Waals surface area contributed by atoms with Crippen LogP contribution in [0, 0.1) is 34.0 Å². The van der Waals surface area contributed by atoms with E-state index in [-0.39, 0.29) is 67.8 Å². The van der Waals surface area contributed by atoms with E-state index in [2.05, 4.69) is 68.9 Å². The monoisotopic (exact) mass is 609 g/mol. The van der Waals surface area contributed by atoms with Crippen LogP contribution in [-0.2, 0) is 0 Å². The number of nitrogens with zero attached hydrogens (tertiary/aromatic N) is 9. The summed E-state index contributed by atoms with van der Waals surface area (Å²) in [5.41, 5.74) is 1.31. The summed E-state index contributed by atoms with van der Waals surface area (Å²) in [7, 11) is 0. The molecular weight excluding hydrogens is 570 g/mol. The smallest absolute Gasteiger partial charge is 0.251 e. The van der Waals surface area contributed by atoms with Crippen molar-refractivity contribution in [3.8, 4) is 35.8 Å². The van der Waals surface area contributed by atoms with E-state index in [4.69, 9.17) is 14.2 Å². The number of unbranched alkanes of at least 4 members (excludes halogenated alkanes) is 9. The molecule has 0 aliphatic carbocycles. The Labute approximate surface area is 263 Å². The lowest BCUT2D eigenvalue weighted by Gasteiger charge is -2.13. The van der Waals surface area contributed by atoms with Crippen molar-refractivity contribution in [2.24, 2.45) is 0 Å². The maximum atomic E-state index is 9.96. The van der Waals surface area contributed by atoms with Gasteiger partial charge in [0.2, 0.25) is 17.1 Å². The van der Waals surface area contributed by atoms with E-state index in [1.807, 2.05) is 0 Å². The molecule has 45 heavy (non-hydrogen) atoms. The molecule has 0 saturated heterocycles. The number of hydrogen-bond acceptors (Lipinski definition) is 12. The summed E-state index contributed by atoms with van der Waals surface area (Å²) in [6, 6.07) is 6.22. The molecule has 0 saturated carbocycles. The zero-order chi connectivity index (χ0) is 32.0. The highest BCUT2D eigenvalue weighted by Crippen LogP contribution is 2.35. The predicted molar refractivity (Wildman–Crippen MR) is 169 cm³/mol. The molecule has 0 aliphatic heterocycles. The number of rotatable bonds is 18. The van der Waals surface area contributed by atoms with Gasteiger partial charge >= 0.3 is 0 Å². The Balaban J connectivity index is 1.91. The lowest BCUT2D eigenvalue weighted by Crippen LogP contribution is -2.08. The Bertz CT molecular complexity index is 1520. The molecule has 234 valence electrons. The molecule has 4 aromatic rings. The summed E-state index contributed by atoms with van der Waals surface area (Å²) in [6.45, 7) is 7.49. The van der Waals surface area contributed by atoms with Crippen LogP contribution in [0.15, 0.2) is 0 Å². The third-order valence-corrected chi connectivity index (χ3v) is 7.29. The quantitative estimate of drug-likeness (QED) is 0.0834. The van der Waals surface area contributed by atoms with Crippen molar-refractivity contribution < 1.29 is 14.2 Å². The van der Waals surface area contributed by atoms with Crippen LogP contribution >= 0.6 is 0 Å². The third kappa shape index (κ3) is 7.99. The highest BCUT2D eigenvalue weighted by molar-refractivity contribution is 6.18. The maximum absolute atomic E-state index is 9.96. The number of aromatic nitrogens is 6. The van der Waals surface area contributed by atoms with Crippen molar-refractivity contribution in [1.29, 1.82) is 15.8 Å². The van der Waals surface area contributed by atoms with Gasteiger partial charge < -0.3 is 14.2 Å². The van der Waals surface area contributed by atoms with Crippen LogP contribution in [0.2, 0.25) is 0 Å². The average molecular weight is 610 g/mol. The van der Waals surface area contributed by atoms with Crippen LogP contribution in [0.25, 0.3) is 33.1 Å². The molecular formula is C33H39N9O3. The Kier molecular flexibility index (Phi) is 12.3. The van der Waals surface area contributed by atoms with Gasteiger partial charge in [-0.2, -0.15) is 15.8 Å². The van der Waals surface area contributed by atoms with Gasteiger partial charge in [0.1, 0.15) is 51.3 Å². The van der Waals surface area contributed by atoms with Crippen LogP contribution in [0.5, 0.6) is 17.6 Å². The van der Waals surface area contributed by atoms with E-state index in [1.54, 1.807) is 0 Å². The summed E-state index contributed by atoms with van der Waals surface area (Å²) in [5.74, 6) is 0.188. The van der Waals surface area contributed by atoms with Crippen molar-refractivity contribution in [2.75, 3.05) is 19.8 Å². The molecule has 3 aromatic heterocycles. The van der Waals surface area contributed by atoms with Crippen LogP contribution in [-0.4, -0.2) is 49.7 Å².